The van der Waals surface area contributed by atoms with Crippen LogP contribution in [0.2, 0.25) is 0 Å². The fourth-order valence-electron chi connectivity index (χ4n) is 2.81. The van der Waals surface area contributed by atoms with E-state index in [0.717, 1.165) is 4.96 Å². The number of benzene rings is 1. The molecule has 3 aromatic heterocycles. The van der Waals surface area contributed by atoms with Gasteiger partial charge in [0.15, 0.2) is 4.96 Å². The lowest BCUT2D eigenvalue weighted by molar-refractivity contribution is -0.120. The smallest absolute Gasteiger partial charge is 0.246 e. The van der Waals surface area contributed by atoms with Crippen molar-refractivity contribution in [3.05, 3.63) is 77.5 Å². The van der Waals surface area contributed by atoms with E-state index in [1.165, 1.54) is 29.7 Å². The number of nitrogens with zero attached hydrogens (tertiary/aromatic N) is 3. The minimum Gasteiger partial charge on any atom is -0.468 e. The Bertz CT molecular complexity index is 1290. The van der Waals surface area contributed by atoms with Crippen LogP contribution in [0.4, 0.5) is 0 Å². The number of rotatable bonds is 8. The molecule has 0 atom stereocenters. The highest BCUT2D eigenvalue weighted by Gasteiger charge is 2.15. The molecule has 0 saturated carbocycles. The van der Waals surface area contributed by atoms with Crippen LogP contribution in [0.25, 0.3) is 4.96 Å². The second-order valence-corrected chi connectivity index (χ2v) is 9.30. The molecule has 31 heavy (non-hydrogen) atoms. The van der Waals surface area contributed by atoms with E-state index in [1.807, 2.05) is 16.0 Å². The van der Waals surface area contributed by atoms with Crippen molar-refractivity contribution in [3.8, 4) is 0 Å². The van der Waals surface area contributed by atoms with Gasteiger partial charge in [0, 0.05) is 17.8 Å². The molecule has 0 aliphatic rings. The molecule has 160 valence electrons. The van der Waals surface area contributed by atoms with E-state index >= 15 is 0 Å². The molecule has 0 unspecified atom stereocenters. The van der Waals surface area contributed by atoms with E-state index in [4.69, 9.17) is 4.42 Å². The quantitative estimate of drug-likeness (QED) is 0.311. The second-order valence-electron chi connectivity index (χ2n) is 6.66. The number of aromatic nitrogens is 2. The van der Waals surface area contributed by atoms with Gasteiger partial charge < -0.3 is 4.42 Å². The van der Waals surface area contributed by atoms with Crippen molar-refractivity contribution in [2.75, 3.05) is 0 Å². The van der Waals surface area contributed by atoms with Crippen molar-refractivity contribution in [1.82, 2.24) is 19.5 Å². The minimum absolute atomic E-state index is 0.0678. The van der Waals surface area contributed by atoms with Gasteiger partial charge in [-0.25, -0.2) is 23.5 Å². The Hall–Kier alpha value is -3.28. The maximum Gasteiger partial charge on any atom is 0.246 e. The molecular formula is C20H19N5O4S2. The molecule has 4 rings (SSSR count). The summed E-state index contributed by atoms with van der Waals surface area (Å²) in [6, 6.07) is 9.62. The van der Waals surface area contributed by atoms with E-state index in [1.54, 1.807) is 37.4 Å². The minimum atomic E-state index is -3.67. The summed E-state index contributed by atoms with van der Waals surface area (Å²) in [7, 11) is -3.67. The summed E-state index contributed by atoms with van der Waals surface area (Å²) in [4.78, 5) is 17.5. The predicted molar refractivity (Wildman–Crippen MR) is 116 cm³/mol. The Balaban J connectivity index is 1.35. The van der Waals surface area contributed by atoms with Crippen LogP contribution in [0.1, 0.15) is 23.9 Å². The Morgan fingerprint density at radius 1 is 1.26 bits per heavy atom. The first kappa shape index (κ1) is 21.0. The fraction of sp³-hybridized carbons (Fsp3) is 0.150. The summed E-state index contributed by atoms with van der Waals surface area (Å²) in [6.45, 7) is 1.80. The number of carbonyl (C=O) groups is 1. The predicted octanol–water partition coefficient (Wildman–Crippen LogP) is 2.55. The molecule has 11 heteroatoms. The lowest BCUT2D eigenvalue weighted by Gasteiger charge is -2.07. The van der Waals surface area contributed by atoms with Crippen molar-refractivity contribution in [3.63, 3.8) is 0 Å². The number of carbonyl (C=O) groups excluding carboxylic acids is 1. The zero-order valence-electron chi connectivity index (χ0n) is 16.5. The van der Waals surface area contributed by atoms with Crippen LogP contribution in [0.5, 0.6) is 0 Å². The summed E-state index contributed by atoms with van der Waals surface area (Å²) in [6.07, 6.45) is 5.29. The standard InChI is InChI=1S/C20H19N5O4S2/c1-14(23-24-19(26)11-16-13-25-8-10-30-20(25)22-16)15-4-6-18(7-5-15)31(27,28)21-12-17-3-2-9-29-17/h2-10,13,21H,11-12H2,1H3,(H,24,26)/b23-14+. The van der Waals surface area contributed by atoms with E-state index in [2.05, 4.69) is 20.2 Å². The number of fused-ring (bicyclic) bond motifs is 1. The Morgan fingerprint density at radius 3 is 2.77 bits per heavy atom. The van der Waals surface area contributed by atoms with Crippen LogP contribution < -0.4 is 10.1 Å². The average Bonchev–Trinajstić information content (AvgIpc) is 3.49. The van der Waals surface area contributed by atoms with Crippen LogP contribution >= 0.6 is 11.3 Å². The van der Waals surface area contributed by atoms with Gasteiger partial charge in [-0.1, -0.05) is 12.1 Å². The third-order valence-electron chi connectivity index (χ3n) is 4.43. The topological polar surface area (TPSA) is 118 Å². The largest absolute Gasteiger partial charge is 0.468 e. The van der Waals surface area contributed by atoms with Crippen LogP contribution in [0.15, 0.2) is 74.8 Å². The van der Waals surface area contributed by atoms with Gasteiger partial charge >= 0.3 is 0 Å². The summed E-state index contributed by atoms with van der Waals surface area (Å²) < 4.78 is 34.3. The maximum atomic E-state index is 12.4. The molecule has 0 radical (unpaired) electrons. The van der Waals surface area contributed by atoms with E-state index < -0.39 is 10.0 Å². The summed E-state index contributed by atoms with van der Waals surface area (Å²) >= 11 is 1.50. The monoisotopic (exact) mass is 457 g/mol. The van der Waals surface area contributed by atoms with Gasteiger partial charge in [-0.05, 0) is 36.8 Å². The number of sulfonamides is 1. The van der Waals surface area contributed by atoms with E-state index in [-0.39, 0.29) is 23.8 Å². The van der Waals surface area contributed by atoms with Gasteiger partial charge in [-0.15, -0.1) is 11.3 Å². The van der Waals surface area contributed by atoms with Gasteiger partial charge in [-0.2, -0.15) is 5.10 Å². The second kappa shape index (κ2) is 8.84. The number of amides is 1. The van der Waals surface area contributed by atoms with Crippen molar-refractivity contribution in [1.29, 1.82) is 0 Å². The first-order valence-corrected chi connectivity index (χ1v) is 11.6. The van der Waals surface area contributed by atoms with Gasteiger partial charge in [-0.3, -0.25) is 9.20 Å². The van der Waals surface area contributed by atoms with Crippen LogP contribution in [0.3, 0.4) is 0 Å². The number of furan rings is 1. The van der Waals surface area contributed by atoms with Crippen molar-refractivity contribution in [2.45, 2.75) is 24.8 Å². The Labute approximate surface area is 182 Å². The molecule has 3 heterocycles. The van der Waals surface area contributed by atoms with Gasteiger partial charge in [0.1, 0.15) is 5.76 Å². The molecule has 2 N–H and O–H groups in total. The van der Waals surface area contributed by atoms with Crippen LogP contribution in [-0.2, 0) is 27.8 Å². The van der Waals surface area contributed by atoms with E-state index in [0.29, 0.717) is 22.7 Å². The maximum absolute atomic E-state index is 12.4. The van der Waals surface area contributed by atoms with E-state index in [9.17, 15) is 13.2 Å². The summed E-state index contributed by atoms with van der Waals surface area (Å²) in [5, 5.41) is 6.02. The van der Waals surface area contributed by atoms with Gasteiger partial charge in [0.2, 0.25) is 15.9 Å². The molecule has 0 fully saturated rings. The highest BCUT2D eigenvalue weighted by molar-refractivity contribution is 7.89. The SMILES string of the molecule is C/C(=N\NC(=O)Cc1cn2ccsc2n1)c1ccc(S(=O)(=O)NCc2ccco2)cc1. The third-order valence-corrected chi connectivity index (χ3v) is 6.62. The number of hydrogen-bond donors (Lipinski definition) is 2. The fourth-order valence-corrected chi connectivity index (χ4v) is 4.53. The van der Waals surface area contributed by atoms with Crippen molar-refractivity contribution in [2.24, 2.45) is 5.10 Å². The molecule has 0 spiro atoms. The Kier molecular flexibility index (Phi) is 5.98. The third kappa shape index (κ3) is 5.08. The van der Waals surface area contributed by atoms with Gasteiger partial charge in [0.05, 0.1) is 35.5 Å². The molecule has 4 aromatic rings. The first-order chi connectivity index (χ1) is 14.9. The lowest BCUT2D eigenvalue weighted by Crippen LogP contribution is -2.23. The van der Waals surface area contributed by atoms with Crippen molar-refractivity contribution >= 4 is 37.9 Å². The number of hydrazone groups is 1. The van der Waals surface area contributed by atoms with Crippen molar-refractivity contribution < 1.29 is 17.6 Å². The normalized spacial score (nSPS) is 12.4. The number of hydrogen-bond acceptors (Lipinski definition) is 7. The highest BCUT2D eigenvalue weighted by Crippen LogP contribution is 2.13. The molecular weight excluding hydrogens is 438 g/mol. The first-order valence-electron chi connectivity index (χ1n) is 9.27. The number of imidazole rings is 1. The molecule has 0 aliphatic carbocycles. The zero-order valence-corrected chi connectivity index (χ0v) is 18.1. The highest BCUT2D eigenvalue weighted by atomic mass is 32.2. The van der Waals surface area contributed by atoms with Crippen LogP contribution in [0, 0.1) is 0 Å². The average molecular weight is 458 g/mol. The Morgan fingerprint density at radius 2 is 2.06 bits per heavy atom. The van der Waals surface area contributed by atoms with Crippen LogP contribution in [-0.4, -0.2) is 29.4 Å². The summed E-state index contributed by atoms with van der Waals surface area (Å²) in [5.74, 6) is 0.237. The van der Waals surface area contributed by atoms with Gasteiger partial charge in [0.25, 0.3) is 0 Å². The number of thiazole rings is 1. The number of nitrogens with one attached hydrogen (secondary N) is 2. The molecule has 1 aromatic carbocycles. The molecule has 0 saturated heterocycles. The molecule has 9 nitrogen and oxygen atoms in total. The molecule has 0 aliphatic heterocycles. The molecule has 1 amide bonds. The zero-order chi connectivity index (χ0) is 21.8. The lowest BCUT2D eigenvalue weighted by atomic mass is 10.1. The molecule has 0 bridgehead atoms. The summed E-state index contributed by atoms with van der Waals surface area (Å²) in [5.41, 5.74) is 4.41.